The lowest BCUT2D eigenvalue weighted by molar-refractivity contribution is -0.137. The van der Waals surface area contributed by atoms with Crippen molar-refractivity contribution in [2.75, 3.05) is 46.3 Å². The summed E-state index contributed by atoms with van der Waals surface area (Å²) < 4.78 is 0. The van der Waals surface area contributed by atoms with Gasteiger partial charge in [0.05, 0.1) is 12.5 Å². The third kappa shape index (κ3) is 7.13. The zero-order valence-corrected chi connectivity index (χ0v) is 28.0. The van der Waals surface area contributed by atoms with E-state index in [4.69, 9.17) is 0 Å². The number of hydrogen-bond acceptors (Lipinski definition) is 7. The Hall–Kier alpha value is -3.80. The Labute approximate surface area is 283 Å². The van der Waals surface area contributed by atoms with Gasteiger partial charge in [-0.25, -0.2) is 0 Å². The molecule has 11 nitrogen and oxygen atoms in total. The minimum atomic E-state index is -0.640. The van der Waals surface area contributed by atoms with Gasteiger partial charge in [0.2, 0.25) is 17.7 Å². The number of hydrogen-bond donors (Lipinski definition) is 3. The summed E-state index contributed by atoms with van der Waals surface area (Å²) in [6, 6.07) is 16.5. The van der Waals surface area contributed by atoms with Crippen molar-refractivity contribution in [3.05, 3.63) is 71.3 Å². The van der Waals surface area contributed by atoms with Crippen LogP contribution in [0.1, 0.15) is 60.0 Å². The molecule has 4 amide bonds. The monoisotopic (exact) mass is 655 g/mol. The second kappa shape index (κ2) is 14.4. The Balaban J connectivity index is 1.14. The average Bonchev–Trinajstić information content (AvgIpc) is 3.73. The van der Waals surface area contributed by atoms with Crippen LogP contribution in [0.2, 0.25) is 0 Å². The van der Waals surface area contributed by atoms with Gasteiger partial charge in [-0.1, -0.05) is 42.5 Å². The van der Waals surface area contributed by atoms with Crippen molar-refractivity contribution in [1.29, 1.82) is 0 Å². The fourth-order valence-electron chi connectivity index (χ4n) is 8.58. The standard InChI is InChI=1S/C37H49N7O4/c1-41-15-11-28(12-16-41)39-29-20-32-35(46)38-22-27-10-6-5-9-26(27)19-34(45)40-30-21-33(44(24-30)36(47)25-7-3-2-4-8-25)37(48)42-17-13-31(14-18-42)43(32)23-29/h2-10,28-33,39H,11-24H2,1H3,(H,38,46)(H,40,45)/t29-,30+,32-,33-/m0/s1. The first-order valence-corrected chi connectivity index (χ1v) is 17.8. The highest BCUT2D eigenvalue weighted by molar-refractivity contribution is 5.98. The van der Waals surface area contributed by atoms with E-state index in [2.05, 4.69) is 32.8 Å². The summed E-state index contributed by atoms with van der Waals surface area (Å²) in [6.07, 6.45) is 5.07. The second-order valence-electron chi connectivity index (χ2n) is 14.4. The molecule has 6 aliphatic heterocycles. The Bertz CT molecular complexity index is 1490. The molecule has 0 aromatic heterocycles. The lowest BCUT2D eigenvalue weighted by Gasteiger charge is -2.40. The molecule has 6 heterocycles. The molecule has 4 bridgehead atoms. The third-order valence-corrected chi connectivity index (χ3v) is 11.2. The minimum Gasteiger partial charge on any atom is -0.351 e. The van der Waals surface area contributed by atoms with Gasteiger partial charge in [-0.05, 0) is 81.9 Å². The molecular weight excluding hydrogens is 606 g/mol. The summed E-state index contributed by atoms with van der Waals surface area (Å²) in [6.45, 7) is 4.77. The summed E-state index contributed by atoms with van der Waals surface area (Å²) in [5.74, 6) is -0.386. The van der Waals surface area contributed by atoms with Gasteiger partial charge in [-0.3, -0.25) is 24.1 Å². The van der Waals surface area contributed by atoms with Gasteiger partial charge in [0.1, 0.15) is 6.04 Å². The molecule has 0 spiro atoms. The molecular formula is C37H49N7O4. The largest absolute Gasteiger partial charge is 0.351 e. The quantitative estimate of drug-likeness (QED) is 0.458. The molecule has 8 rings (SSSR count). The molecule has 0 unspecified atom stereocenters. The number of piperidine rings is 2. The van der Waals surface area contributed by atoms with E-state index in [0.29, 0.717) is 37.7 Å². The lowest BCUT2D eigenvalue weighted by atomic mass is 10.00. The molecule has 11 heteroatoms. The van der Waals surface area contributed by atoms with E-state index < -0.39 is 6.04 Å². The number of carbonyl (C=O) groups excluding carboxylic acids is 4. The Morgan fingerprint density at radius 3 is 2.25 bits per heavy atom. The fraction of sp³-hybridized carbons (Fsp3) is 0.568. The van der Waals surface area contributed by atoms with Crippen LogP contribution in [0.25, 0.3) is 0 Å². The van der Waals surface area contributed by atoms with Gasteiger partial charge in [0, 0.05) is 62.5 Å². The Morgan fingerprint density at radius 2 is 1.50 bits per heavy atom. The zero-order chi connectivity index (χ0) is 33.2. The van der Waals surface area contributed by atoms with E-state index in [1.165, 1.54) is 0 Å². The van der Waals surface area contributed by atoms with E-state index in [1.54, 1.807) is 17.0 Å². The van der Waals surface area contributed by atoms with Gasteiger partial charge in [-0.15, -0.1) is 0 Å². The normalized spacial score (nSPS) is 29.5. The van der Waals surface area contributed by atoms with Crippen molar-refractivity contribution in [2.24, 2.45) is 0 Å². The number of carbonyl (C=O) groups is 4. The first-order valence-electron chi connectivity index (χ1n) is 17.8. The van der Waals surface area contributed by atoms with Crippen LogP contribution in [0.5, 0.6) is 0 Å². The highest BCUT2D eigenvalue weighted by atomic mass is 16.2. The van der Waals surface area contributed by atoms with E-state index in [-0.39, 0.29) is 60.8 Å². The van der Waals surface area contributed by atoms with Crippen LogP contribution < -0.4 is 16.0 Å². The zero-order valence-electron chi connectivity index (χ0n) is 28.0. The molecule has 2 aromatic carbocycles. The smallest absolute Gasteiger partial charge is 0.254 e. The molecule has 4 atom stereocenters. The highest BCUT2D eigenvalue weighted by Gasteiger charge is 2.45. The van der Waals surface area contributed by atoms with Gasteiger partial charge in [0.15, 0.2) is 0 Å². The molecule has 0 aliphatic carbocycles. The molecule has 6 aliphatic rings. The molecule has 0 radical (unpaired) electrons. The van der Waals surface area contributed by atoms with Crippen molar-refractivity contribution in [2.45, 2.75) is 87.7 Å². The van der Waals surface area contributed by atoms with E-state index in [0.717, 1.165) is 62.9 Å². The van der Waals surface area contributed by atoms with Crippen LogP contribution in [-0.4, -0.2) is 126 Å². The SMILES string of the molecule is CN1CCC(N[C@H]2C[C@H]3C(=O)NCc4ccccc4CC(=O)N[C@@H]4C[C@@H](C(=O)N5CCC(CC5)N3C2)N(C(=O)c2ccccc2)C4)CC1. The molecule has 4 fully saturated rings. The van der Waals surface area contributed by atoms with Crippen molar-refractivity contribution >= 4 is 23.6 Å². The predicted molar refractivity (Wildman–Crippen MR) is 182 cm³/mol. The van der Waals surface area contributed by atoms with Crippen molar-refractivity contribution in [3.8, 4) is 0 Å². The predicted octanol–water partition coefficient (Wildman–Crippen LogP) is 1.38. The van der Waals surface area contributed by atoms with Crippen molar-refractivity contribution < 1.29 is 19.2 Å². The minimum absolute atomic E-state index is 0.0228. The molecule has 48 heavy (non-hydrogen) atoms. The van der Waals surface area contributed by atoms with Crippen molar-refractivity contribution in [1.82, 2.24) is 35.6 Å². The number of amides is 4. The van der Waals surface area contributed by atoms with Gasteiger partial charge < -0.3 is 30.7 Å². The molecule has 2 aromatic rings. The van der Waals surface area contributed by atoms with Crippen LogP contribution in [0.15, 0.2) is 54.6 Å². The number of benzene rings is 2. The van der Waals surface area contributed by atoms with Crippen LogP contribution in [0, 0.1) is 0 Å². The number of rotatable bonds is 3. The summed E-state index contributed by atoms with van der Waals surface area (Å²) in [4.78, 5) is 63.5. The van der Waals surface area contributed by atoms with E-state index in [1.807, 2.05) is 47.4 Å². The molecule has 4 saturated heterocycles. The summed E-state index contributed by atoms with van der Waals surface area (Å²) >= 11 is 0. The van der Waals surface area contributed by atoms with Gasteiger partial charge >= 0.3 is 0 Å². The fourth-order valence-corrected chi connectivity index (χ4v) is 8.58. The first kappa shape index (κ1) is 32.7. The van der Waals surface area contributed by atoms with Crippen LogP contribution in [0.4, 0.5) is 0 Å². The molecule has 256 valence electrons. The number of nitrogens with zero attached hydrogens (tertiary/aromatic N) is 4. The van der Waals surface area contributed by atoms with Crippen LogP contribution in [-0.2, 0) is 27.3 Å². The maximum Gasteiger partial charge on any atom is 0.254 e. The Kier molecular flexibility index (Phi) is 9.79. The second-order valence-corrected chi connectivity index (χ2v) is 14.4. The van der Waals surface area contributed by atoms with Gasteiger partial charge in [0.25, 0.3) is 5.91 Å². The Morgan fingerprint density at radius 1 is 0.792 bits per heavy atom. The summed E-state index contributed by atoms with van der Waals surface area (Å²) in [5.41, 5.74) is 2.31. The summed E-state index contributed by atoms with van der Waals surface area (Å²) in [7, 11) is 2.17. The first-order chi connectivity index (χ1) is 23.3. The van der Waals surface area contributed by atoms with E-state index >= 15 is 0 Å². The lowest BCUT2D eigenvalue weighted by Crippen LogP contribution is -2.55. The number of likely N-dealkylation sites (tertiary alicyclic amines) is 2. The highest BCUT2D eigenvalue weighted by Crippen LogP contribution is 2.30. The average molecular weight is 656 g/mol. The van der Waals surface area contributed by atoms with Crippen molar-refractivity contribution in [3.63, 3.8) is 0 Å². The topological polar surface area (TPSA) is 117 Å². The maximum absolute atomic E-state index is 14.1. The summed E-state index contributed by atoms with van der Waals surface area (Å²) in [5, 5.41) is 10.3. The number of nitrogens with one attached hydrogen (secondary N) is 3. The van der Waals surface area contributed by atoms with Crippen LogP contribution in [0.3, 0.4) is 0 Å². The third-order valence-electron chi connectivity index (χ3n) is 11.2. The van der Waals surface area contributed by atoms with Crippen LogP contribution >= 0.6 is 0 Å². The number of fused-ring (bicyclic) bond motifs is 6. The van der Waals surface area contributed by atoms with E-state index in [9.17, 15) is 19.2 Å². The molecule has 0 saturated carbocycles. The van der Waals surface area contributed by atoms with Gasteiger partial charge in [-0.2, -0.15) is 0 Å². The molecule has 3 N–H and O–H groups in total. The maximum atomic E-state index is 14.1.